The molecule has 0 spiro atoms. The maximum absolute atomic E-state index is 12.7. The molecule has 1 aliphatic carbocycles. The van der Waals surface area contributed by atoms with E-state index in [0.717, 1.165) is 34.9 Å². The molecule has 0 saturated carbocycles. The topological polar surface area (TPSA) is 32.9 Å². The summed E-state index contributed by atoms with van der Waals surface area (Å²) in [5.74, 6) is 0.0950. The van der Waals surface area contributed by atoms with Gasteiger partial charge in [-0.15, -0.1) is 0 Å². The monoisotopic (exact) mass is 275 g/mol. The molecule has 0 unspecified atom stereocenters. The minimum Gasteiger partial charge on any atom is -0.360 e. The number of benzene rings is 2. The Morgan fingerprint density at radius 3 is 2.62 bits per heavy atom. The summed E-state index contributed by atoms with van der Waals surface area (Å²) in [6, 6.07) is 13.8. The third kappa shape index (κ3) is 1.99. The van der Waals surface area contributed by atoms with Crippen molar-refractivity contribution >= 4 is 16.7 Å². The zero-order chi connectivity index (χ0) is 14.2. The van der Waals surface area contributed by atoms with Gasteiger partial charge in [0.25, 0.3) is 0 Å². The van der Waals surface area contributed by atoms with E-state index in [4.69, 9.17) is 0 Å². The highest BCUT2D eigenvalue weighted by Gasteiger charge is 2.18. The van der Waals surface area contributed by atoms with Gasteiger partial charge in [-0.25, -0.2) is 0 Å². The molecule has 0 amide bonds. The minimum atomic E-state index is 0.0950. The van der Waals surface area contributed by atoms with Gasteiger partial charge in [0.05, 0.1) is 0 Å². The van der Waals surface area contributed by atoms with Crippen LogP contribution in [0, 0.1) is 0 Å². The Bertz CT molecular complexity index is 814. The SMILES string of the molecule is O=C(c1ccccc1)c1c[nH]c2c3c(ccc12)CCCC3. The number of hydrogen-bond acceptors (Lipinski definition) is 1. The Labute approximate surface area is 123 Å². The van der Waals surface area contributed by atoms with Crippen LogP contribution < -0.4 is 0 Å². The van der Waals surface area contributed by atoms with Gasteiger partial charge in [0.15, 0.2) is 5.78 Å². The van der Waals surface area contributed by atoms with Crippen LogP contribution in [-0.4, -0.2) is 10.8 Å². The van der Waals surface area contributed by atoms with Crippen LogP contribution in [0.2, 0.25) is 0 Å². The van der Waals surface area contributed by atoms with Crippen LogP contribution in [0.25, 0.3) is 10.9 Å². The van der Waals surface area contributed by atoms with E-state index in [2.05, 4.69) is 17.1 Å². The number of H-pyrrole nitrogens is 1. The fourth-order valence-electron chi connectivity index (χ4n) is 3.37. The average Bonchev–Trinajstić information content (AvgIpc) is 2.99. The summed E-state index contributed by atoms with van der Waals surface area (Å²) in [7, 11) is 0. The molecule has 0 saturated heterocycles. The van der Waals surface area contributed by atoms with Gasteiger partial charge in [0.2, 0.25) is 0 Å². The molecule has 104 valence electrons. The van der Waals surface area contributed by atoms with Crippen molar-refractivity contribution in [2.75, 3.05) is 0 Å². The predicted molar refractivity (Wildman–Crippen MR) is 84.8 cm³/mol. The molecule has 2 heteroatoms. The van der Waals surface area contributed by atoms with Crippen LogP contribution in [0.15, 0.2) is 48.7 Å². The molecule has 1 N–H and O–H groups in total. The van der Waals surface area contributed by atoms with E-state index < -0.39 is 0 Å². The molecule has 1 heterocycles. The minimum absolute atomic E-state index is 0.0950. The quantitative estimate of drug-likeness (QED) is 0.696. The highest BCUT2D eigenvalue weighted by Crippen LogP contribution is 2.31. The van der Waals surface area contributed by atoms with Crippen molar-refractivity contribution in [2.45, 2.75) is 25.7 Å². The van der Waals surface area contributed by atoms with Crippen LogP contribution in [-0.2, 0) is 12.8 Å². The molecule has 2 aromatic carbocycles. The first-order valence-corrected chi connectivity index (χ1v) is 7.56. The molecule has 4 rings (SSSR count). The summed E-state index contributed by atoms with van der Waals surface area (Å²) in [4.78, 5) is 16.0. The lowest BCUT2D eigenvalue weighted by molar-refractivity contribution is 0.104. The number of nitrogens with one attached hydrogen (secondary N) is 1. The van der Waals surface area contributed by atoms with Gasteiger partial charge in [0, 0.05) is 28.2 Å². The summed E-state index contributed by atoms with van der Waals surface area (Å²) < 4.78 is 0. The summed E-state index contributed by atoms with van der Waals surface area (Å²) in [5, 5.41) is 1.06. The second-order valence-corrected chi connectivity index (χ2v) is 5.73. The molecular formula is C19H17NO. The van der Waals surface area contributed by atoms with Crippen molar-refractivity contribution in [1.29, 1.82) is 0 Å². The van der Waals surface area contributed by atoms with E-state index in [0.29, 0.717) is 0 Å². The standard InChI is InChI=1S/C19H17NO/c21-19(14-7-2-1-3-8-14)17-12-20-18-15-9-5-4-6-13(15)10-11-16(17)18/h1-3,7-8,10-12,20H,4-6,9H2. The molecule has 1 aromatic heterocycles. The van der Waals surface area contributed by atoms with Gasteiger partial charge in [-0.1, -0.05) is 42.5 Å². The van der Waals surface area contributed by atoms with Crippen LogP contribution in [0.5, 0.6) is 0 Å². The number of ketones is 1. The second-order valence-electron chi connectivity index (χ2n) is 5.73. The Morgan fingerprint density at radius 2 is 1.76 bits per heavy atom. The van der Waals surface area contributed by atoms with Gasteiger partial charge in [-0.05, 0) is 36.8 Å². The number of hydrogen-bond donors (Lipinski definition) is 1. The van der Waals surface area contributed by atoms with E-state index in [-0.39, 0.29) is 5.78 Å². The van der Waals surface area contributed by atoms with Gasteiger partial charge in [-0.2, -0.15) is 0 Å². The largest absolute Gasteiger partial charge is 0.360 e. The first-order chi connectivity index (χ1) is 10.3. The van der Waals surface area contributed by atoms with E-state index in [1.54, 1.807) is 0 Å². The van der Waals surface area contributed by atoms with E-state index >= 15 is 0 Å². The molecule has 21 heavy (non-hydrogen) atoms. The summed E-state index contributed by atoms with van der Waals surface area (Å²) in [6.45, 7) is 0. The van der Waals surface area contributed by atoms with Crippen LogP contribution in [0.4, 0.5) is 0 Å². The van der Waals surface area contributed by atoms with Crippen molar-refractivity contribution < 1.29 is 4.79 Å². The molecule has 1 aliphatic rings. The zero-order valence-corrected chi connectivity index (χ0v) is 11.9. The number of carbonyl (C=O) groups is 1. The summed E-state index contributed by atoms with van der Waals surface area (Å²) in [5.41, 5.74) is 5.53. The molecular weight excluding hydrogens is 258 g/mol. The van der Waals surface area contributed by atoms with E-state index in [1.807, 2.05) is 36.5 Å². The number of aromatic amines is 1. The second kappa shape index (κ2) is 4.88. The lowest BCUT2D eigenvalue weighted by atomic mass is 9.89. The fourth-order valence-corrected chi connectivity index (χ4v) is 3.37. The molecule has 3 aromatic rings. The van der Waals surface area contributed by atoms with Crippen molar-refractivity contribution in [3.8, 4) is 0 Å². The summed E-state index contributed by atoms with van der Waals surface area (Å²) >= 11 is 0. The number of carbonyl (C=O) groups excluding carboxylic acids is 1. The molecule has 0 bridgehead atoms. The Hall–Kier alpha value is -2.35. The Kier molecular flexibility index (Phi) is 2.88. The van der Waals surface area contributed by atoms with Crippen molar-refractivity contribution in [1.82, 2.24) is 4.98 Å². The molecule has 2 nitrogen and oxygen atoms in total. The maximum atomic E-state index is 12.7. The number of fused-ring (bicyclic) bond motifs is 3. The van der Waals surface area contributed by atoms with Crippen LogP contribution in [0.3, 0.4) is 0 Å². The summed E-state index contributed by atoms with van der Waals surface area (Å²) in [6.07, 6.45) is 6.66. The van der Waals surface area contributed by atoms with E-state index in [1.165, 1.54) is 24.0 Å². The van der Waals surface area contributed by atoms with Gasteiger partial charge < -0.3 is 4.98 Å². The van der Waals surface area contributed by atoms with Gasteiger partial charge in [-0.3, -0.25) is 4.79 Å². The average molecular weight is 275 g/mol. The molecule has 0 aliphatic heterocycles. The maximum Gasteiger partial charge on any atom is 0.195 e. The van der Waals surface area contributed by atoms with Crippen molar-refractivity contribution in [3.63, 3.8) is 0 Å². The Balaban J connectivity index is 1.86. The highest BCUT2D eigenvalue weighted by atomic mass is 16.1. The van der Waals surface area contributed by atoms with E-state index in [9.17, 15) is 4.79 Å². The van der Waals surface area contributed by atoms with Gasteiger partial charge >= 0.3 is 0 Å². The number of rotatable bonds is 2. The third-order valence-electron chi connectivity index (χ3n) is 4.46. The smallest absolute Gasteiger partial charge is 0.195 e. The third-order valence-corrected chi connectivity index (χ3v) is 4.46. The predicted octanol–water partition coefficient (Wildman–Crippen LogP) is 4.28. The number of aromatic nitrogens is 1. The molecule has 0 radical (unpaired) electrons. The van der Waals surface area contributed by atoms with Crippen molar-refractivity contribution in [2.24, 2.45) is 0 Å². The Morgan fingerprint density at radius 1 is 0.952 bits per heavy atom. The van der Waals surface area contributed by atoms with Crippen molar-refractivity contribution in [3.05, 3.63) is 70.9 Å². The molecule has 0 atom stereocenters. The lowest BCUT2D eigenvalue weighted by Gasteiger charge is -2.16. The highest BCUT2D eigenvalue weighted by molar-refractivity contribution is 6.16. The van der Waals surface area contributed by atoms with Gasteiger partial charge in [0.1, 0.15) is 0 Å². The molecule has 0 fully saturated rings. The fraction of sp³-hybridized carbons (Fsp3) is 0.211. The van der Waals surface area contributed by atoms with Crippen LogP contribution in [0.1, 0.15) is 39.9 Å². The normalized spacial score (nSPS) is 14.1. The first-order valence-electron chi connectivity index (χ1n) is 7.56. The number of aryl methyl sites for hydroxylation is 2. The first kappa shape index (κ1) is 12.4. The van der Waals surface area contributed by atoms with Crippen LogP contribution >= 0.6 is 0 Å². The zero-order valence-electron chi connectivity index (χ0n) is 11.9. The lowest BCUT2D eigenvalue weighted by Crippen LogP contribution is -2.03.